The Labute approximate surface area is 180 Å². The molecule has 3 N–H and O–H groups in total. The Morgan fingerprint density at radius 3 is 3.03 bits per heavy atom. The molecule has 158 valence electrons. The first-order valence-corrected chi connectivity index (χ1v) is 10.6. The van der Waals surface area contributed by atoms with E-state index >= 15 is 0 Å². The van der Waals surface area contributed by atoms with Gasteiger partial charge in [-0.2, -0.15) is 8.78 Å². The molecular formula is C19H19F2N5O2S2. The van der Waals surface area contributed by atoms with E-state index in [0.717, 1.165) is 0 Å². The fourth-order valence-electron chi connectivity index (χ4n) is 2.95. The van der Waals surface area contributed by atoms with Gasteiger partial charge in [0.2, 0.25) is 0 Å². The number of alkyl halides is 2. The maximum absolute atomic E-state index is 12.5. The summed E-state index contributed by atoms with van der Waals surface area (Å²) in [5.41, 5.74) is 6.15. The van der Waals surface area contributed by atoms with E-state index in [-0.39, 0.29) is 27.9 Å². The number of hydrogen-bond donors (Lipinski definition) is 2. The molecular weight excluding hydrogens is 432 g/mol. The van der Waals surface area contributed by atoms with Crippen molar-refractivity contribution in [1.82, 2.24) is 9.97 Å². The zero-order valence-corrected chi connectivity index (χ0v) is 17.8. The second-order valence-corrected chi connectivity index (χ2v) is 8.90. The molecule has 2 aromatic heterocycles. The summed E-state index contributed by atoms with van der Waals surface area (Å²) < 4.78 is 29.3. The maximum Gasteiger partial charge on any atom is 0.345 e. The molecule has 1 aliphatic heterocycles. The van der Waals surface area contributed by atoms with E-state index < -0.39 is 12.2 Å². The van der Waals surface area contributed by atoms with Crippen molar-refractivity contribution >= 4 is 39.9 Å². The minimum Gasteiger partial charge on any atom is -0.379 e. The molecule has 0 bridgehead atoms. The number of rotatable bonds is 6. The molecule has 1 aliphatic rings. The normalized spacial score (nSPS) is 21.0. The first-order valence-electron chi connectivity index (χ1n) is 8.87. The van der Waals surface area contributed by atoms with Crippen molar-refractivity contribution in [3.05, 3.63) is 40.1 Å². The van der Waals surface area contributed by atoms with Crippen LogP contribution in [0.25, 0.3) is 0 Å². The summed E-state index contributed by atoms with van der Waals surface area (Å²) in [7, 11) is 0. The Hall–Kier alpha value is -2.55. The largest absolute Gasteiger partial charge is 0.379 e. The zero-order chi connectivity index (χ0) is 21.7. The van der Waals surface area contributed by atoms with Crippen LogP contribution in [0.1, 0.15) is 40.6 Å². The van der Waals surface area contributed by atoms with Crippen LogP contribution in [-0.2, 0) is 10.3 Å². The van der Waals surface area contributed by atoms with E-state index in [1.165, 1.54) is 23.1 Å². The number of amidine groups is 1. The number of aliphatic imine (C=N–C) groups is 1. The third kappa shape index (κ3) is 5.53. The molecule has 7 nitrogen and oxygen atoms in total. The molecule has 0 saturated heterocycles. The lowest BCUT2D eigenvalue weighted by Gasteiger charge is -2.33. The molecule has 0 aliphatic carbocycles. The van der Waals surface area contributed by atoms with E-state index in [4.69, 9.17) is 5.73 Å². The van der Waals surface area contributed by atoms with Gasteiger partial charge in [-0.1, -0.05) is 17.7 Å². The van der Waals surface area contributed by atoms with Gasteiger partial charge in [-0.05, 0) is 32.4 Å². The van der Waals surface area contributed by atoms with Crippen LogP contribution in [0.15, 0.2) is 29.5 Å². The van der Waals surface area contributed by atoms with Crippen molar-refractivity contribution in [2.24, 2.45) is 10.7 Å². The average molecular weight is 452 g/mol. The van der Waals surface area contributed by atoms with E-state index in [1.807, 2.05) is 6.92 Å². The second-order valence-electron chi connectivity index (χ2n) is 6.55. The molecule has 0 spiro atoms. The number of hydrogen-bond acceptors (Lipinski definition) is 8. The van der Waals surface area contributed by atoms with Crippen LogP contribution in [0.5, 0.6) is 0 Å². The quantitative estimate of drug-likeness (QED) is 0.653. The van der Waals surface area contributed by atoms with Gasteiger partial charge < -0.3 is 15.8 Å². The molecule has 3 rings (SSSR count). The van der Waals surface area contributed by atoms with Crippen molar-refractivity contribution in [3.8, 4) is 11.8 Å². The minimum absolute atomic E-state index is 0.155. The van der Waals surface area contributed by atoms with Crippen LogP contribution in [0, 0.1) is 11.8 Å². The van der Waals surface area contributed by atoms with Crippen LogP contribution < -0.4 is 11.1 Å². The number of thioether (sulfide) groups is 1. The standard InChI is InChI=1S/C19H19F2N5O2S2/c1-3-4-12-9-24-16(29-12)15(27)25-11-5-6-23-14(7-11)19(2)8-13(10-28-17(20)21)30-18(22)26-19/h5-7,9,13,17H,8,10H2,1-2H3,(H2,22,26)(H,23,25,27)/t13-,19-/m0/s1. The molecule has 2 atom stereocenters. The number of nitrogens with one attached hydrogen (secondary N) is 1. The van der Waals surface area contributed by atoms with Gasteiger partial charge in [0.05, 0.1) is 23.4 Å². The van der Waals surface area contributed by atoms with Crippen molar-refractivity contribution in [2.45, 2.75) is 37.7 Å². The molecule has 0 aromatic carbocycles. The van der Waals surface area contributed by atoms with Crippen molar-refractivity contribution < 1.29 is 18.3 Å². The summed E-state index contributed by atoms with van der Waals surface area (Å²) in [6.45, 7) is 0.530. The highest BCUT2D eigenvalue weighted by Gasteiger charge is 2.36. The molecule has 0 fully saturated rings. The van der Waals surface area contributed by atoms with E-state index in [2.05, 4.69) is 36.9 Å². The summed E-state index contributed by atoms with van der Waals surface area (Å²) in [5.74, 6) is 5.26. The highest BCUT2D eigenvalue weighted by atomic mass is 32.2. The third-order valence-corrected chi connectivity index (χ3v) is 6.08. The predicted octanol–water partition coefficient (Wildman–Crippen LogP) is 3.44. The van der Waals surface area contributed by atoms with E-state index in [1.54, 1.807) is 31.5 Å². The SMILES string of the molecule is CC#Cc1cnc(C(=O)Nc2ccnc([C@]3(C)C[C@@H](COC(F)F)SC(N)=N3)c2)s1. The number of carbonyl (C=O) groups is 1. The number of nitrogens with zero attached hydrogens (tertiary/aromatic N) is 3. The van der Waals surface area contributed by atoms with Gasteiger partial charge >= 0.3 is 6.61 Å². The number of halogens is 2. The minimum atomic E-state index is -2.84. The van der Waals surface area contributed by atoms with Crippen LogP contribution in [0.2, 0.25) is 0 Å². The second kappa shape index (κ2) is 9.51. The Kier molecular flexibility index (Phi) is 7.02. The molecule has 1 amide bonds. The van der Waals surface area contributed by atoms with Crippen molar-refractivity contribution in [2.75, 3.05) is 11.9 Å². The van der Waals surface area contributed by atoms with Crippen molar-refractivity contribution in [1.29, 1.82) is 0 Å². The smallest absolute Gasteiger partial charge is 0.345 e. The third-order valence-electron chi connectivity index (χ3n) is 4.20. The molecule has 30 heavy (non-hydrogen) atoms. The number of pyridine rings is 1. The van der Waals surface area contributed by atoms with Gasteiger partial charge in [0, 0.05) is 17.1 Å². The zero-order valence-electron chi connectivity index (χ0n) is 16.2. The fraction of sp³-hybridized carbons (Fsp3) is 0.368. The number of nitrogens with two attached hydrogens (primary N) is 1. The van der Waals surface area contributed by atoms with Gasteiger partial charge in [0.15, 0.2) is 10.2 Å². The first-order chi connectivity index (χ1) is 14.3. The number of aromatic nitrogens is 2. The van der Waals surface area contributed by atoms with E-state index in [0.29, 0.717) is 22.7 Å². The maximum atomic E-state index is 12.5. The number of anilines is 1. The summed E-state index contributed by atoms with van der Waals surface area (Å²) in [5, 5.41) is 3.05. The number of amides is 1. The van der Waals surface area contributed by atoms with Crippen molar-refractivity contribution in [3.63, 3.8) is 0 Å². The Morgan fingerprint density at radius 2 is 2.30 bits per heavy atom. The molecule has 0 saturated carbocycles. The predicted molar refractivity (Wildman–Crippen MR) is 114 cm³/mol. The number of ether oxygens (including phenoxy) is 1. The molecule has 2 aromatic rings. The number of carbonyl (C=O) groups excluding carboxylic acids is 1. The molecule has 11 heteroatoms. The molecule has 3 heterocycles. The Bertz CT molecular complexity index is 1020. The van der Waals surface area contributed by atoms with Crippen LogP contribution in [-0.4, -0.2) is 39.5 Å². The van der Waals surface area contributed by atoms with Crippen LogP contribution in [0.3, 0.4) is 0 Å². The monoisotopic (exact) mass is 451 g/mol. The molecule has 0 unspecified atom stereocenters. The summed E-state index contributed by atoms with van der Waals surface area (Å²) in [4.78, 5) is 26.1. The van der Waals surface area contributed by atoms with E-state index in [9.17, 15) is 13.6 Å². The topological polar surface area (TPSA) is 102 Å². The van der Waals surface area contributed by atoms with Gasteiger partial charge in [-0.25, -0.2) is 9.98 Å². The first kappa shape index (κ1) is 22.1. The Balaban J connectivity index is 1.77. The number of thiazole rings is 1. The van der Waals surface area contributed by atoms with Gasteiger partial charge in [-0.3, -0.25) is 9.78 Å². The Morgan fingerprint density at radius 1 is 1.50 bits per heavy atom. The van der Waals surface area contributed by atoms with Gasteiger partial charge in [-0.15, -0.1) is 17.3 Å². The van der Waals surface area contributed by atoms with Gasteiger partial charge in [0.25, 0.3) is 5.91 Å². The summed E-state index contributed by atoms with van der Waals surface area (Å²) in [6, 6.07) is 3.34. The van der Waals surface area contributed by atoms with Crippen LogP contribution in [0.4, 0.5) is 14.5 Å². The summed E-state index contributed by atoms with van der Waals surface area (Å²) in [6.07, 6.45) is 3.50. The lowest BCUT2D eigenvalue weighted by atomic mass is 9.91. The van der Waals surface area contributed by atoms with Crippen LogP contribution >= 0.6 is 23.1 Å². The highest BCUT2D eigenvalue weighted by Crippen LogP contribution is 2.39. The fourth-order valence-corrected chi connectivity index (χ4v) is 4.82. The summed E-state index contributed by atoms with van der Waals surface area (Å²) >= 11 is 2.39. The molecule has 0 radical (unpaired) electrons. The highest BCUT2D eigenvalue weighted by molar-refractivity contribution is 8.14. The van der Waals surface area contributed by atoms with Gasteiger partial charge in [0.1, 0.15) is 5.54 Å². The lowest BCUT2D eigenvalue weighted by molar-refractivity contribution is -0.128. The lowest BCUT2D eigenvalue weighted by Crippen LogP contribution is -2.36. The average Bonchev–Trinajstić information content (AvgIpc) is 3.15.